The van der Waals surface area contributed by atoms with Crippen LogP contribution < -0.4 is 10.2 Å². The van der Waals surface area contributed by atoms with Gasteiger partial charge in [0.2, 0.25) is 0 Å². The molecule has 3 fully saturated rings. The third-order valence-electron chi connectivity index (χ3n) is 8.33. The highest BCUT2D eigenvalue weighted by atomic mass is 19.1. The Hall–Kier alpha value is -2.91. The topological polar surface area (TPSA) is 87.7 Å². The fourth-order valence-electron chi connectivity index (χ4n) is 5.88. The molecule has 0 bridgehead atoms. The molecule has 0 radical (unpaired) electrons. The lowest BCUT2D eigenvalue weighted by molar-refractivity contribution is 0.0832. The molecule has 1 saturated carbocycles. The zero-order chi connectivity index (χ0) is 26.3. The molecule has 1 amide bonds. The molecule has 204 valence electrons. The van der Waals surface area contributed by atoms with Crippen LogP contribution in [0, 0.1) is 17.7 Å². The van der Waals surface area contributed by atoms with Crippen LogP contribution in [0.25, 0.3) is 0 Å². The zero-order valence-corrected chi connectivity index (χ0v) is 22.0. The Bertz CT molecular complexity index is 1060. The third kappa shape index (κ3) is 6.94. The number of benzene rings is 1. The van der Waals surface area contributed by atoms with E-state index in [1.165, 1.54) is 12.1 Å². The Morgan fingerprint density at radius 2 is 1.63 bits per heavy atom. The number of morpholine rings is 1. The van der Waals surface area contributed by atoms with E-state index in [9.17, 15) is 14.0 Å². The van der Waals surface area contributed by atoms with Crippen molar-refractivity contribution >= 4 is 17.5 Å². The Kier molecular flexibility index (Phi) is 8.96. The Morgan fingerprint density at radius 1 is 0.921 bits per heavy atom. The van der Waals surface area contributed by atoms with Gasteiger partial charge in [0.05, 0.1) is 25.6 Å². The number of ketones is 1. The van der Waals surface area contributed by atoms with Crippen LogP contribution in [0.1, 0.15) is 65.8 Å². The van der Waals surface area contributed by atoms with Gasteiger partial charge in [0, 0.05) is 30.6 Å². The van der Waals surface area contributed by atoms with E-state index in [-0.39, 0.29) is 29.5 Å². The number of amides is 1. The fourth-order valence-corrected chi connectivity index (χ4v) is 5.88. The third-order valence-corrected chi connectivity index (χ3v) is 8.33. The second-order valence-corrected chi connectivity index (χ2v) is 10.8. The molecule has 1 aromatic heterocycles. The summed E-state index contributed by atoms with van der Waals surface area (Å²) in [5.41, 5.74) is 0.983. The quantitative estimate of drug-likeness (QED) is 0.528. The number of likely N-dealkylation sites (tertiary alicyclic amines) is 1. The van der Waals surface area contributed by atoms with Crippen LogP contribution in [0.4, 0.5) is 10.2 Å². The number of carbonyl (C=O) groups excluding carboxylic acids is 2. The first-order chi connectivity index (χ1) is 18.5. The Labute approximate surface area is 224 Å². The highest BCUT2D eigenvalue weighted by Crippen LogP contribution is 2.29. The summed E-state index contributed by atoms with van der Waals surface area (Å²) in [6.07, 6.45) is 10.4. The van der Waals surface area contributed by atoms with E-state index in [2.05, 4.69) is 25.1 Å². The second-order valence-electron chi connectivity index (χ2n) is 10.8. The van der Waals surface area contributed by atoms with Crippen molar-refractivity contribution in [2.75, 3.05) is 50.8 Å². The number of Topliss-reactive ketones (excluding diaryl/α,β-unsaturated/α-hetero) is 1. The predicted molar refractivity (Wildman–Crippen MR) is 143 cm³/mol. The van der Waals surface area contributed by atoms with Gasteiger partial charge in [0.1, 0.15) is 17.3 Å². The lowest BCUT2D eigenvalue weighted by Gasteiger charge is -2.34. The summed E-state index contributed by atoms with van der Waals surface area (Å²) in [4.78, 5) is 38.8. The number of anilines is 1. The van der Waals surface area contributed by atoms with E-state index in [1.54, 1.807) is 24.5 Å². The normalized spacial score (nSPS) is 23.2. The molecule has 38 heavy (non-hydrogen) atoms. The number of halogens is 1. The van der Waals surface area contributed by atoms with Crippen molar-refractivity contribution in [3.8, 4) is 0 Å². The van der Waals surface area contributed by atoms with Gasteiger partial charge in [-0.25, -0.2) is 14.4 Å². The lowest BCUT2D eigenvalue weighted by Crippen LogP contribution is -2.40. The minimum atomic E-state index is -0.309. The number of carbonyl (C=O) groups is 2. The maximum absolute atomic E-state index is 13.2. The lowest BCUT2D eigenvalue weighted by atomic mass is 9.83. The molecule has 3 aliphatic rings. The predicted octanol–water partition coefficient (Wildman–Crippen LogP) is 3.73. The average molecular weight is 524 g/mol. The number of ether oxygens (including phenoxy) is 1. The van der Waals surface area contributed by atoms with Crippen molar-refractivity contribution in [2.45, 2.75) is 51.0 Å². The highest BCUT2D eigenvalue weighted by Gasteiger charge is 2.28. The van der Waals surface area contributed by atoms with Crippen molar-refractivity contribution < 1.29 is 18.7 Å². The molecule has 2 aliphatic heterocycles. The summed E-state index contributed by atoms with van der Waals surface area (Å²) in [7, 11) is 0. The Balaban J connectivity index is 0.986. The number of piperidine rings is 1. The van der Waals surface area contributed by atoms with Gasteiger partial charge in [-0.05, 0) is 94.8 Å². The van der Waals surface area contributed by atoms with E-state index in [4.69, 9.17) is 4.74 Å². The first kappa shape index (κ1) is 26.7. The van der Waals surface area contributed by atoms with Crippen LogP contribution in [-0.2, 0) is 4.74 Å². The van der Waals surface area contributed by atoms with Crippen LogP contribution in [0.3, 0.4) is 0 Å². The summed E-state index contributed by atoms with van der Waals surface area (Å²) in [6.45, 7) is 5.89. The smallest absolute Gasteiger partial charge is 0.271 e. The molecule has 1 N–H and O–H groups in total. The van der Waals surface area contributed by atoms with Gasteiger partial charge < -0.3 is 19.9 Å². The summed E-state index contributed by atoms with van der Waals surface area (Å²) in [5.74, 6) is 1.19. The number of rotatable bonds is 8. The standard InChI is InChI=1S/C29H38FN5O3/c30-24-5-3-22(4-6-24)28(36)23-10-13-34(14-11-23)12-9-21-1-7-25(8-2-21)33-29(37)26-19-32-27(20-31-26)35-15-17-38-18-16-35/h3-6,19-21,23,25H,1-2,7-18H2,(H,33,37)/t21-,25-. The van der Waals surface area contributed by atoms with E-state index in [0.717, 1.165) is 83.5 Å². The van der Waals surface area contributed by atoms with Crippen molar-refractivity contribution in [3.05, 3.63) is 53.7 Å². The SMILES string of the molecule is O=C(N[C@H]1CC[C@H](CCN2CCC(C(=O)c3ccc(F)cc3)CC2)CC1)c1cnc(N2CCOCC2)cn1. The molecule has 2 saturated heterocycles. The maximum atomic E-state index is 13.2. The summed E-state index contributed by atoms with van der Waals surface area (Å²) >= 11 is 0. The van der Waals surface area contributed by atoms with Crippen molar-refractivity contribution in [1.29, 1.82) is 0 Å². The molecule has 0 spiro atoms. The molecule has 5 rings (SSSR count). The largest absolute Gasteiger partial charge is 0.378 e. The number of nitrogens with zero attached hydrogens (tertiary/aromatic N) is 4. The summed E-state index contributed by atoms with van der Waals surface area (Å²) in [5, 5.41) is 3.15. The van der Waals surface area contributed by atoms with E-state index in [1.807, 2.05) is 0 Å². The van der Waals surface area contributed by atoms with Gasteiger partial charge >= 0.3 is 0 Å². The molecule has 9 heteroatoms. The molecular formula is C29H38FN5O3. The molecule has 1 aliphatic carbocycles. The summed E-state index contributed by atoms with van der Waals surface area (Å²) in [6, 6.07) is 6.10. The monoisotopic (exact) mass is 523 g/mol. The second kappa shape index (κ2) is 12.8. The molecular weight excluding hydrogens is 485 g/mol. The van der Waals surface area contributed by atoms with Crippen LogP contribution >= 0.6 is 0 Å². The van der Waals surface area contributed by atoms with Gasteiger partial charge in [-0.2, -0.15) is 0 Å². The first-order valence-corrected chi connectivity index (χ1v) is 14.0. The molecule has 2 aromatic rings. The van der Waals surface area contributed by atoms with Gasteiger partial charge in [0.25, 0.3) is 5.91 Å². The molecule has 0 unspecified atom stereocenters. The molecule has 3 heterocycles. The van der Waals surface area contributed by atoms with Crippen molar-refractivity contribution in [1.82, 2.24) is 20.2 Å². The highest BCUT2D eigenvalue weighted by molar-refractivity contribution is 5.97. The number of hydrogen-bond donors (Lipinski definition) is 1. The number of aromatic nitrogens is 2. The van der Waals surface area contributed by atoms with Gasteiger partial charge in [-0.3, -0.25) is 9.59 Å². The van der Waals surface area contributed by atoms with Gasteiger partial charge in [-0.1, -0.05) is 0 Å². The van der Waals surface area contributed by atoms with Crippen LogP contribution in [0.5, 0.6) is 0 Å². The van der Waals surface area contributed by atoms with Crippen molar-refractivity contribution in [3.63, 3.8) is 0 Å². The first-order valence-electron chi connectivity index (χ1n) is 14.0. The van der Waals surface area contributed by atoms with E-state index in [0.29, 0.717) is 30.4 Å². The van der Waals surface area contributed by atoms with Gasteiger partial charge in [-0.15, -0.1) is 0 Å². The molecule has 8 nitrogen and oxygen atoms in total. The number of hydrogen-bond acceptors (Lipinski definition) is 7. The van der Waals surface area contributed by atoms with E-state index < -0.39 is 0 Å². The van der Waals surface area contributed by atoms with Crippen LogP contribution in [-0.4, -0.2) is 78.5 Å². The zero-order valence-electron chi connectivity index (χ0n) is 22.0. The van der Waals surface area contributed by atoms with E-state index >= 15 is 0 Å². The van der Waals surface area contributed by atoms with Crippen LogP contribution in [0.2, 0.25) is 0 Å². The van der Waals surface area contributed by atoms with Crippen LogP contribution in [0.15, 0.2) is 36.7 Å². The summed E-state index contributed by atoms with van der Waals surface area (Å²) < 4.78 is 18.5. The number of nitrogens with one attached hydrogen (secondary N) is 1. The van der Waals surface area contributed by atoms with Crippen molar-refractivity contribution in [2.24, 2.45) is 11.8 Å². The fraction of sp³-hybridized carbons (Fsp3) is 0.586. The average Bonchev–Trinajstić information content (AvgIpc) is 2.97. The maximum Gasteiger partial charge on any atom is 0.271 e. The van der Waals surface area contributed by atoms with Gasteiger partial charge in [0.15, 0.2) is 5.78 Å². The molecule has 1 aromatic carbocycles. The minimum absolute atomic E-state index is 0.0380. The Morgan fingerprint density at radius 3 is 2.29 bits per heavy atom. The molecule has 0 atom stereocenters. The minimum Gasteiger partial charge on any atom is -0.378 e.